The van der Waals surface area contributed by atoms with E-state index >= 15 is 0 Å². The fraction of sp³-hybridized carbons (Fsp3) is 0.500. The van der Waals surface area contributed by atoms with Gasteiger partial charge < -0.3 is 9.30 Å². The first-order valence-electron chi connectivity index (χ1n) is 6.49. The van der Waals surface area contributed by atoms with Crippen molar-refractivity contribution in [1.29, 1.82) is 0 Å². The molecule has 23 heavy (non-hydrogen) atoms. The Bertz CT molecular complexity index is 796. The molecule has 2 rings (SSSR count). The molecule has 0 aliphatic carbocycles. The standard InChI is InChI=1S/C12H13F3N4O4/c1-7(12(13,14)15)18-11(20)10-8(5-16-18)17(3-4-23-2)6-9(10)19(21)22/h5-7H,3-4H2,1-2H3. The lowest BCUT2D eigenvalue weighted by Crippen LogP contribution is -2.34. The highest BCUT2D eigenvalue weighted by molar-refractivity contribution is 5.88. The Morgan fingerprint density at radius 1 is 1.48 bits per heavy atom. The number of nitrogens with zero attached hydrogens (tertiary/aromatic N) is 4. The highest BCUT2D eigenvalue weighted by Gasteiger charge is 2.39. The molecule has 0 aliphatic rings. The van der Waals surface area contributed by atoms with Crippen molar-refractivity contribution in [1.82, 2.24) is 14.3 Å². The van der Waals surface area contributed by atoms with Crippen LogP contribution < -0.4 is 5.56 Å². The van der Waals surface area contributed by atoms with Gasteiger partial charge in [0.05, 0.1) is 29.4 Å². The highest BCUT2D eigenvalue weighted by atomic mass is 19.4. The molecule has 0 bridgehead atoms. The van der Waals surface area contributed by atoms with Crippen LogP contribution in [0.2, 0.25) is 0 Å². The Hall–Kier alpha value is -2.43. The van der Waals surface area contributed by atoms with Crippen LogP contribution in [0, 0.1) is 10.1 Å². The van der Waals surface area contributed by atoms with Crippen molar-refractivity contribution in [2.24, 2.45) is 0 Å². The maximum Gasteiger partial charge on any atom is 0.410 e. The summed E-state index contributed by atoms with van der Waals surface area (Å²) in [5.74, 6) is 0. The molecule has 0 amide bonds. The van der Waals surface area contributed by atoms with Gasteiger partial charge in [0.15, 0.2) is 0 Å². The number of rotatable bonds is 5. The van der Waals surface area contributed by atoms with Crippen LogP contribution in [0.3, 0.4) is 0 Å². The Kier molecular flexibility index (Phi) is 4.41. The molecule has 0 aromatic carbocycles. The average molecular weight is 334 g/mol. The molecular formula is C12H13F3N4O4. The zero-order valence-corrected chi connectivity index (χ0v) is 12.2. The maximum atomic E-state index is 12.8. The first-order valence-corrected chi connectivity index (χ1v) is 6.49. The van der Waals surface area contributed by atoms with Crippen LogP contribution in [-0.2, 0) is 11.3 Å². The minimum atomic E-state index is -4.70. The molecule has 1 unspecified atom stereocenters. The number of nitro groups is 1. The molecule has 2 heterocycles. The SMILES string of the molecule is COCCn1cc([N+](=O)[O-])c2c(=O)n(C(C)C(F)(F)F)ncc21. The smallest absolute Gasteiger partial charge is 0.383 e. The molecule has 0 radical (unpaired) electrons. The van der Waals surface area contributed by atoms with Gasteiger partial charge >= 0.3 is 6.18 Å². The number of fused-ring (bicyclic) bond motifs is 1. The molecule has 0 fully saturated rings. The second kappa shape index (κ2) is 5.99. The van der Waals surface area contributed by atoms with Crippen LogP contribution in [0.5, 0.6) is 0 Å². The average Bonchev–Trinajstić information content (AvgIpc) is 2.83. The molecule has 8 nitrogen and oxygen atoms in total. The third kappa shape index (κ3) is 3.04. The summed E-state index contributed by atoms with van der Waals surface area (Å²) >= 11 is 0. The molecule has 0 aliphatic heterocycles. The number of ether oxygens (including phenoxy) is 1. The van der Waals surface area contributed by atoms with Crippen LogP contribution in [0.15, 0.2) is 17.2 Å². The van der Waals surface area contributed by atoms with Gasteiger partial charge in [-0.25, -0.2) is 4.68 Å². The van der Waals surface area contributed by atoms with Crippen molar-refractivity contribution in [3.05, 3.63) is 32.9 Å². The first kappa shape index (κ1) is 16.9. The maximum absolute atomic E-state index is 12.8. The van der Waals surface area contributed by atoms with E-state index in [4.69, 9.17) is 4.74 Å². The van der Waals surface area contributed by atoms with Gasteiger partial charge in [0.25, 0.3) is 11.2 Å². The molecule has 0 saturated carbocycles. The molecular weight excluding hydrogens is 321 g/mol. The lowest BCUT2D eigenvalue weighted by molar-refractivity contribution is -0.383. The molecule has 2 aromatic heterocycles. The zero-order chi connectivity index (χ0) is 17.4. The molecule has 0 saturated heterocycles. The second-order valence-electron chi connectivity index (χ2n) is 4.83. The molecule has 0 spiro atoms. The number of methoxy groups -OCH3 is 1. The van der Waals surface area contributed by atoms with E-state index in [0.717, 1.165) is 19.3 Å². The summed E-state index contributed by atoms with van der Waals surface area (Å²) in [7, 11) is 1.43. The summed E-state index contributed by atoms with van der Waals surface area (Å²) in [5.41, 5.74) is -1.63. The Morgan fingerprint density at radius 3 is 2.65 bits per heavy atom. The normalized spacial score (nSPS) is 13.4. The van der Waals surface area contributed by atoms with Crippen molar-refractivity contribution in [3.8, 4) is 0 Å². The fourth-order valence-electron chi connectivity index (χ4n) is 2.13. The van der Waals surface area contributed by atoms with Crippen LogP contribution in [-0.4, -0.2) is 39.2 Å². The van der Waals surface area contributed by atoms with Crippen LogP contribution >= 0.6 is 0 Å². The molecule has 1 atom stereocenters. The molecule has 0 N–H and O–H groups in total. The largest absolute Gasteiger partial charge is 0.410 e. The van der Waals surface area contributed by atoms with Crippen LogP contribution in [0.4, 0.5) is 18.9 Å². The fourth-order valence-corrected chi connectivity index (χ4v) is 2.13. The minimum absolute atomic E-state index is 0.0874. The highest BCUT2D eigenvalue weighted by Crippen LogP contribution is 2.30. The van der Waals surface area contributed by atoms with Crippen molar-refractivity contribution >= 4 is 16.6 Å². The van der Waals surface area contributed by atoms with E-state index in [1.807, 2.05) is 0 Å². The van der Waals surface area contributed by atoms with E-state index in [0.29, 0.717) is 0 Å². The number of hydrogen-bond donors (Lipinski definition) is 0. The van der Waals surface area contributed by atoms with Crippen molar-refractivity contribution in [2.75, 3.05) is 13.7 Å². The zero-order valence-electron chi connectivity index (χ0n) is 12.2. The van der Waals surface area contributed by atoms with Gasteiger partial charge in [-0.15, -0.1) is 0 Å². The van der Waals surface area contributed by atoms with Gasteiger partial charge in [-0.3, -0.25) is 14.9 Å². The minimum Gasteiger partial charge on any atom is -0.383 e. The van der Waals surface area contributed by atoms with E-state index in [1.165, 1.54) is 11.7 Å². The monoisotopic (exact) mass is 334 g/mol. The lowest BCUT2D eigenvalue weighted by atomic mass is 10.3. The van der Waals surface area contributed by atoms with Gasteiger partial charge in [0, 0.05) is 13.7 Å². The second-order valence-corrected chi connectivity index (χ2v) is 4.83. The third-order valence-electron chi connectivity index (χ3n) is 3.40. The van der Waals surface area contributed by atoms with Crippen molar-refractivity contribution < 1.29 is 22.8 Å². The first-order chi connectivity index (χ1) is 10.7. The van der Waals surface area contributed by atoms with Gasteiger partial charge in [-0.05, 0) is 6.92 Å². The van der Waals surface area contributed by atoms with Gasteiger partial charge in [-0.2, -0.15) is 18.3 Å². The molecule has 126 valence electrons. The summed E-state index contributed by atoms with van der Waals surface area (Å²) in [5, 5.41) is 14.2. The van der Waals surface area contributed by atoms with Crippen molar-refractivity contribution in [3.63, 3.8) is 0 Å². The Morgan fingerprint density at radius 2 is 2.13 bits per heavy atom. The van der Waals surface area contributed by atoms with Gasteiger partial charge in [0.2, 0.25) is 0 Å². The third-order valence-corrected chi connectivity index (χ3v) is 3.40. The summed E-state index contributed by atoms with van der Waals surface area (Å²) in [6, 6.07) is -2.19. The van der Waals surface area contributed by atoms with E-state index < -0.39 is 33.8 Å². The van der Waals surface area contributed by atoms with Gasteiger partial charge in [0.1, 0.15) is 11.4 Å². The van der Waals surface area contributed by atoms with E-state index in [1.54, 1.807) is 0 Å². The number of aromatic nitrogens is 3. The van der Waals surface area contributed by atoms with Crippen molar-refractivity contribution in [2.45, 2.75) is 25.7 Å². The van der Waals surface area contributed by atoms with E-state index in [9.17, 15) is 28.1 Å². The Labute approximate surface area is 127 Å². The molecule has 11 heteroatoms. The predicted molar refractivity (Wildman–Crippen MR) is 73.3 cm³/mol. The summed E-state index contributed by atoms with van der Waals surface area (Å²) in [4.78, 5) is 22.6. The quantitative estimate of drug-likeness (QED) is 0.615. The Balaban J connectivity index is 2.71. The van der Waals surface area contributed by atoms with E-state index in [2.05, 4.69) is 5.10 Å². The topological polar surface area (TPSA) is 92.2 Å². The number of halogens is 3. The number of hydrogen-bond acceptors (Lipinski definition) is 5. The predicted octanol–water partition coefficient (Wildman–Crippen LogP) is 1.88. The summed E-state index contributed by atoms with van der Waals surface area (Å²) in [6.07, 6.45) is -2.59. The number of alkyl halides is 3. The molecule has 2 aromatic rings. The lowest BCUT2D eigenvalue weighted by Gasteiger charge is -2.16. The van der Waals surface area contributed by atoms with Crippen LogP contribution in [0.1, 0.15) is 13.0 Å². The van der Waals surface area contributed by atoms with Crippen LogP contribution in [0.25, 0.3) is 10.9 Å². The van der Waals surface area contributed by atoms with Gasteiger partial charge in [-0.1, -0.05) is 0 Å². The van der Waals surface area contributed by atoms with E-state index in [-0.39, 0.29) is 23.4 Å². The summed E-state index contributed by atoms with van der Waals surface area (Å²) in [6.45, 7) is 1.16. The summed E-state index contributed by atoms with van der Waals surface area (Å²) < 4.78 is 44.8.